The maximum Gasteiger partial charge on any atom is 0.0892 e. The van der Waals surface area contributed by atoms with Gasteiger partial charge in [0.2, 0.25) is 0 Å². The van der Waals surface area contributed by atoms with Gasteiger partial charge >= 0.3 is 0 Å². The quantitative estimate of drug-likeness (QED) is 0.290. The number of nitrogens with zero attached hydrogens (tertiary/aromatic N) is 3. The summed E-state index contributed by atoms with van der Waals surface area (Å²) in [6, 6.07) is 2.66. The van der Waals surface area contributed by atoms with Crippen LogP contribution in [0.15, 0.2) is 9.98 Å². The molecule has 0 rings (SSSR count). The normalized spacial score (nSPS) is 9.85. The van der Waals surface area contributed by atoms with Gasteiger partial charge in [-0.15, -0.1) is 0 Å². The van der Waals surface area contributed by atoms with Gasteiger partial charge in [-0.05, 0) is 6.92 Å². The van der Waals surface area contributed by atoms with Crippen LogP contribution >= 0.6 is 0 Å². The summed E-state index contributed by atoms with van der Waals surface area (Å²) in [7, 11) is 6.55. The smallest absolute Gasteiger partial charge is 0.0892 e. The maximum absolute atomic E-state index is 4.04. The van der Waals surface area contributed by atoms with Gasteiger partial charge in [0.05, 0.1) is 40.2 Å². The second kappa shape index (κ2) is 8.24. The first-order valence-corrected chi connectivity index (χ1v) is 4.44. The zero-order valence-corrected chi connectivity index (χ0v) is 9.80. The molecule has 0 unspecified atom stereocenters. The van der Waals surface area contributed by atoms with E-state index in [2.05, 4.69) is 37.1 Å². The molecule has 0 radical (unpaired) electrons. The Morgan fingerprint density at radius 2 is 1.77 bits per heavy atom. The van der Waals surface area contributed by atoms with Crippen molar-refractivity contribution in [2.75, 3.05) is 40.8 Å². The van der Waals surface area contributed by atoms with Gasteiger partial charge < -0.3 is 16.9 Å². The molecule has 3 nitrogen and oxygen atoms in total. The average molecular weight is 206 g/mol. The van der Waals surface area contributed by atoms with Crippen LogP contribution in [-0.4, -0.2) is 51.3 Å². The van der Waals surface area contributed by atoms with Gasteiger partial charge in [0.15, 0.2) is 0 Å². The standard InChI is InChI=1S/C9H20N3.ClH/c1-5-10-9-11-7-6-8-12(2,3)4;/h5-8H2,1-4H3;1H/q+1;/p-1. The second-order valence-electron chi connectivity index (χ2n) is 3.82. The highest BCUT2D eigenvalue weighted by molar-refractivity contribution is 5.40. The molecule has 13 heavy (non-hydrogen) atoms. The van der Waals surface area contributed by atoms with Gasteiger partial charge in [0.1, 0.15) is 0 Å². The van der Waals surface area contributed by atoms with E-state index in [1.54, 1.807) is 0 Å². The molecule has 0 aromatic carbocycles. The van der Waals surface area contributed by atoms with Gasteiger partial charge in [-0.3, -0.25) is 0 Å². The molecule has 0 aliphatic rings. The first-order valence-electron chi connectivity index (χ1n) is 4.44. The van der Waals surface area contributed by atoms with E-state index in [1.807, 2.05) is 6.92 Å². The van der Waals surface area contributed by atoms with Crippen molar-refractivity contribution in [2.45, 2.75) is 13.3 Å². The molecule has 78 valence electrons. The molecule has 0 saturated heterocycles. The average Bonchev–Trinajstić information content (AvgIpc) is 1.94. The fraction of sp³-hybridized carbons (Fsp3) is 0.889. The minimum atomic E-state index is 0. The van der Waals surface area contributed by atoms with E-state index in [1.165, 1.54) is 0 Å². The van der Waals surface area contributed by atoms with E-state index in [-0.39, 0.29) is 12.4 Å². The van der Waals surface area contributed by atoms with Gasteiger partial charge in [-0.25, -0.2) is 9.98 Å². The van der Waals surface area contributed by atoms with Crippen LogP contribution in [0.25, 0.3) is 0 Å². The molecule has 0 aromatic rings. The molecule has 0 heterocycles. The van der Waals surface area contributed by atoms with Crippen molar-refractivity contribution in [3.8, 4) is 0 Å². The van der Waals surface area contributed by atoms with Crippen molar-refractivity contribution in [2.24, 2.45) is 9.98 Å². The Morgan fingerprint density at radius 1 is 1.15 bits per heavy atom. The van der Waals surface area contributed by atoms with Gasteiger partial charge in [-0.1, -0.05) is 0 Å². The molecule has 0 N–H and O–H groups in total. The molecule has 0 bridgehead atoms. The van der Waals surface area contributed by atoms with Gasteiger partial charge in [0.25, 0.3) is 0 Å². The van der Waals surface area contributed by atoms with E-state index in [4.69, 9.17) is 0 Å². The number of halogens is 1. The largest absolute Gasteiger partial charge is 1.00 e. The summed E-state index contributed by atoms with van der Waals surface area (Å²) >= 11 is 0. The Morgan fingerprint density at radius 3 is 2.23 bits per heavy atom. The minimum Gasteiger partial charge on any atom is -1.00 e. The molecule has 0 saturated carbocycles. The lowest BCUT2D eigenvalue weighted by molar-refractivity contribution is -0.870. The molecule has 0 aliphatic carbocycles. The van der Waals surface area contributed by atoms with Crippen molar-refractivity contribution in [1.29, 1.82) is 0 Å². The SMILES string of the molecule is CCN=C=NCCC[N+](C)(C)C.[Cl-]. The lowest BCUT2D eigenvalue weighted by atomic mass is 10.4. The van der Waals surface area contributed by atoms with Crippen LogP contribution < -0.4 is 12.4 Å². The third-order valence-electron chi connectivity index (χ3n) is 1.40. The lowest BCUT2D eigenvalue weighted by Crippen LogP contribution is -3.00. The van der Waals surface area contributed by atoms with Crippen LogP contribution in [0.3, 0.4) is 0 Å². The third-order valence-corrected chi connectivity index (χ3v) is 1.40. The molecule has 0 amide bonds. The van der Waals surface area contributed by atoms with Crippen molar-refractivity contribution in [1.82, 2.24) is 0 Å². The Hall–Kier alpha value is -0.370. The van der Waals surface area contributed by atoms with E-state index < -0.39 is 0 Å². The molecule has 0 fully saturated rings. The molecule has 0 spiro atoms. The van der Waals surface area contributed by atoms with Crippen LogP contribution in [0.4, 0.5) is 0 Å². The first kappa shape index (κ1) is 15.1. The predicted octanol–water partition coefficient (Wildman–Crippen LogP) is -1.72. The zero-order chi connectivity index (χ0) is 9.45. The summed E-state index contributed by atoms with van der Waals surface area (Å²) in [5.74, 6) is 0. The van der Waals surface area contributed by atoms with Crippen LogP contribution in [0.1, 0.15) is 13.3 Å². The summed E-state index contributed by atoms with van der Waals surface area (Å²) in [5, 5.41) is 0. The summed E-state index contributed by atoms with van der Waals surface area (Å²) in [6.07, 6.45) is 1.11. The first-order chi connectivity index (χ1) is 5.56. The second-order valence-corrected chi connectivity index (χ2v) is 3.82. The predicted molar refractivity (Wildman–Crippen MR) is 52.8 cm³/mol. The highest BCUT2D eigenvalue weighted by atomic mass is 35.5. The monoisotopic (exact) mass is 205 g/mol. The summed E-state index contributed by atoms with van der Waals surface area (Å²) in [6.45, 7) is 4.75. The van der Waals surface area contributed by atoms with Crippen molar-refractivity contribution in [3.05, 3.63) is 0 Å². The maximum atomic E-state index is 4.04. The summed E-state index contributed by atoms with van der Waals surface area (Å²) < 4.78 is 1.00. The third kappa shape index (κ3) is 14.5. The summed E-state index contributed by atoms with van der Waals surface area (Å²) in [4.78, 5) is 7.92. The lowest BCUT2D eigenvalue weighted by Gasteiger charge is -2.22. The molecular formula is C9H20ClN3. The van der Waals surface area contributed by atoms with Crippen molar-refractivity contribution >= 4 is 6.01 Å². The molecular weight excluding hydrogens is 186 g/mol. The number of rotatable bonds is 5. The highest BCUT2D eigenvalue weighted by Crippen LogP contribution is 1.92. The fourth-order valence-corrected chi connectivity index (χ4v) is 0.795. The number of aliphatic imine (C=N–C) groups is 2. The van der Waals surface area contributed by atoms with Crippen molar-refractivity contribution < 1.29 is 16.9 Å². The molecule has 0 aliphatic heterocycles. The molecule has 4 heteroatoms. The van der Waals surface area contributed by atoms with Gasteiger partial charge in [-0.2, -0.15) is 0 Å². The van der Waals surface area contributed by atoms with E-state index >= 15 is 0 Å². The van der Waals surface area contributed by atoms with Crippen LogP contribution in [0, 0.1) is 0 Å². The molecule has 0 atom stereocenters. The topological polar surface area (TPSA) is 24.7 Å². The number of hydrogen-bond acceptors (Lipinski definition) is 2. The van der Waals surface area contributed by atoms with E-state index in [0.717, 1.165) is 30.5 Å². The van der Waals surface area contributed by atoms with Crippen molar-refractivity contribution in [3.63, 3.8) is 0 Å². The Labute approximate surface area is 87.6 Å². The molecule has 0 aromatic heterocycles. The Bertz CT molecular complexity index is 166. The Kier molecular flexibility index (Phi) is 9.58. The number of quaternary nitrogens is 1. The Balaban J connectivity index is 0. The van der Waals surface area contributed by atoms with E-state index in [9.17, 15) is 0 Å². The van der Waals surface area contributed by atoms with Crippen LogP contribution in [0.2, 0.25) is 0 Å². The highest BCUT2D eigenvalue weighted by Gasteiger charge is 2.04. The minimum absolute atomic E-state index is 0. The zero-order valence-electron chi connectivity index (χ0n) is 9.05. The number of hydrogen-bond donors (Lipinski definition) is 0. The fourth-order valence-electron chi connectivity index (χ4n) is 0.795. The van der Waals surface area contributed by atoms with Gasteiger partial charge in [0, 0.05) is 13.0 Å². The van der Waals surface area contributed by atoms with Crippen LogP contribution in [0.5, 0.6) is 0 Å². The van der Waals surface area contributed by atoms with Crippen LogP contribution in [-0.2, 0) is 0 Å². The van der Waals surface area contributed by atoms with E-state index in [0.29, 0.717) is 0 Å². The summed E-state index contributed by atoms with van der Waals surface area (Å²) in [5.41, 5.74) is 0.